The maximum Gasteiger partial charge on any atom is 0.364 e. The number of aliphatic hydroxyl groups excluding tert-OH is 23. The van der Waals surface area contributed by atoms with Gasteiger partial charge in [-0.25, -0.2) is 4.79 Å². The van der Waals surface area contributed by atoms with Crippen molar-refractivity contribution in [3.8, 4) is 0 Å². The molecular formula is C57H95N3O43. The topological polar surface area (TPSA) is 728 Å². The van der Waals surface area contributed by atoms with Gasteiger partial charge in [0, 0.05) is 27.2 Å². The molecule has 8 fully saturated rings. The first-order chi connectivity index (χ1) is 48.5. The number of amides is 3. The minimum atomic E-state index is -3.36. The van der Waals surface area contributed by atoms with Gasteiger partial charge in [0.25, 0.3) is 5.79 Å². The SMILES string of the molecule is CC(=O)N[C@H]1[C@H](OC[C@H]2O[C@@H](O[C@H]3[C@H](O)[C@@H](O)[C@H](O)O[C@@H]3CO)[C@H](O)[C@@H](O[C@@H]3O[C@H](CO)[C@@H](O[C@@H]4O[C@@H](C)[C@@H](O)[C@@H](O)[C@@H]4O)[C@H](O[C@@H]4O[C@H](CO)[C@H](O)[C@H](O[C@]5(C(=O)O)C[C@H](O)[C@@H](NC(C)=O)[C@H]([C@H](O)[C@H](O)CO)O5)[C@H]4O)[C@H]3NC(C)=O)[C@H]2O)O[C@H](CO)[C@@H](O[C@@H]2O[C@H](CO)[C@H](O)[C@H](O)[C@H]2O)[C@@H]1O. The van der Waals surface area contributed by atoms with E-state index in [0.29, 0.717) is 0 Å². The number of hydrogen-bond acceptors (Lipinski definition) is 42. The summed E-state index contributed by atoms with van der Waals surface area (Å²) in [4.78, 5) is 52.1. The van der Waals surface area contributed by atoms with Gasteiger partial charge in [0.15, 0.2) is 44.0 Å². The first kappa shape index (κ1) is 85.0. The van der Waals surface area contributed by atoms with Crippen molar-refractivity contribution >= 4 is 23.7 Å². The summed E-state index contributed by atoms with van der Waals surface area (Å²) in [5.74, 6) is -8.41. The Labute approximate surface area is 582 Å². The van der Waals surface area contributed by atoms with E-state index in [4.69, 9.17) is 71.1 Å². The molecule has 41 atom stereocenters. The van der Waals surface area contributed by atoms with E-state index in [1.807, 2.05) is 0 Å². The molecule has 0 spiro atoms. The zero-order chi connectivity index (χ0) is 76.3. The van der Waals surface area contributed by atoms with Crippen LogP contribution in [0.1, 0.15) is 34.1 Å². The van der Waals surface area contributed by atoms with Gasteiger partial charge >= 0.3 is 5.97 Å². The second-order valence-corrected chi connectivity index (χ2v) is 26.0. The summed E-state index contributed by atoms with van der Waals surface area (Å²) in [6, 6.07) is -5.75. The second kappa shape index (κ2) is 36.3. The van der Waals surface area contributed by atoms with Crippen LogP contribution in [0.4, 0.5) is 0 Å². The average molecular weight is 1510 g/mol. The van der Waals surface area contributed by atoms with E-state index in [-0.39, 0.29) is 0 Å². The maximum absolute atomic E-state index is 13.6. The van der Waals surface area contributed by atoms with Crippen molar-refractivity contribution in [2.45, 2.75) is 285 Å². The highest BCUT2D eigenvalue weighted by Crippen LogP contribution is 2.42. The molecule has 3 amide bonds. The molecule has 46 nitrogen and oxygen atoms in total. The fraction of sp³-hybridized carbons (Fsp3) is 0.930. The molecule has 46 heteroatoms. The van der Waals surface area contributed by atoms with E-state index in [0.717, 1.165) is 20.8 Å². The van der Waals surface area contributed by atoms with Crippen molar-refractivity contribution in [2.75, 3.05) is 46.2 Å². The summed E-state index contributed by atoms with van der Waals surface area (Å²) in [6.07, 6.45) is -79.7. The molecule has 0 unspecified atom stereocenters. The fourth-order valence-electron chi connectivity index (χ4n) is 13.2. The minimum Gasteiger partial charge on any atom is -0.477 e. The van der Waals surface area contributed by atoms with E-state index in [2.05, 4.69) is 16.0 Å². The van der Waals surface area contributed by atoms with Crippen LogP contribution in [-0.2, 0) is 90.2 Å². The molecule has 8 saturated heterocycles. The van der Waals surface area contributed by atoms with Gasteiger partial charge in [-0.2, -0.15) is 0 Å². The number of aliphatic carboxylic acids is 1. The van der Waals surface area contributed by atoms with Crippen LogP contribution in [0.25, 0.3) is 0 Å². The first-order valence-electron chi connectivity index (χ1n) is 32.6. The third-order valence-electron chi connectivity index (χ3n) is 18.8. The highest BCUT2D eigenvalue weighted by molar-refractivity contribution is 5.77. The number of carbonyl (C=O) groups excluding carboxylic acids is 3. The molecule has 8 aliphatic heterocycles. The Balaban J connectivity index is 1.17. The number of carboxylic acids is 1. The molecule has 0 bridgehead atoms. The molecule has 8 aliphatic rings. The molecule has 8 rings (SSSR count). The molecule has 103 heavy (non-hydrogen) atoms. The third kappa shape index (κ3) is 18.5. The second-order valence-electron chi connectivity index (χ2n) is 26.0. The van der Waals surface area contributed by atoms with Gasteiger partial charge in [0.2, 0.25) is 17.7 Å². The molecule has 0 saturated carbocycles. The van der Waals surface area contributed by atoms with Crippen LogP contribution in [0.15, 0.2) is 0 Å². The Morgan fingerprint density at radius 2 is 0.845 bits per heavy atom. The summed E-state index contributed by atoms with van der Waals surface area (Å²) >= 11 is 0. The maximum atomic E-state index is 13.6. The van der Waals surface area contributed by atoms with Gasteiger partial charge in [-0.3, -0.25) is 14.4 Å². The molecule has 0 aromatic rings. The van der Waals surface area contributed by atoms with E-state index in [9.17, 15) is 142 Å². The number of aliphatic hydroxyl groups is 23. The Bertz CT molecular complexity index is 2720. The molecule has 0 radical (unpaired) electrons. The standard InChI is InChI=1S/C57H95N3O43/c1-13-28(72)34(78)38(82)52(90-13)99-44-23(11-66)95-51(27(60-16(4)69)46(44)100-55-41(85)48(31(75)20(8-63)93-55)103-57(56(87)88)5-17(70)25(58-14(2)67)45(102-57)29(73)18(71)6-61)101-47-32(76)24(96-54(40(47)84)98-43-21(9-64)91-49(86)37(81)36(43)80)12-89-50-26(59-15(3)68)33(77)42(22(10-65)94-50)97-53-39(83)35(79)30(74)19(7-62)92-53/h13,17-55,61-66,70-86H,5-12H2,1-4H3,(H,58,67)(H,59,68)(H,60,69)(H,87,88)/t13-,17-,18+,19+,20+,21+,22+,23+,24+,25+,26+,27+,28+,29+,30-,31-,32-,33+,34+,35-,36+,37+,38-,39+,40+,41+,42+,43+,44+,45+,46+,47-,48-,49+,50+,51-,52-,53-,54-,55-,57-/m0/s1. The lowest BCUT2D eigenvalue weighted by Gasteiger charge is -2.52. The highest BCUT2D eigenvalue weighted by Gasteiger charge is 2.63. The molecule has 0 aliphatic carbocycles. The van der Waals surface area contributed by atoms with Crippen molar-refractivity contribution < 1.29 is 213 Å². The number of nitrogens with one attached hydrogen (secondary N) is 3. The van der Waals surface area contributed by atoms with Gasteiger partial charge in [-0.1, -0.05) is 0 Å². The van der Waals surface area contributed by atoms with Crippen LogP contribution < -0.4 is 16.0 Å². The predicted molar refractivity (Wildman–Crippen MR) is 315 cm³/mol. The lowest BCUT2D eigenvalue weighted by atomic mass is 9.88. The van der Waals surface area contributed by atoms with Gasteiger partial charge in [-0.15, -0.1) is 0 Å². The quantitative estimate of drug-likeness (QED) is 0.0363. The Morgan fingerprint density at radius 3 is 1.40 bits per heavy atom. The molecule has 27 N–H and O–H groups in total. The number of hydrogen-bond donors (Lipinski definition) is 27. The normalized spacial score (nSPS) is 48.3. The first-order valence-corrected chi connectivity index (χ1v) is 32.6. The Hall–Kier alpha value is -3.64. The molecule has 0 aromatic heterocycles. The summed E-state index contributed by atoms with van der Waals surface area (Å²) < 4.78 is 88.4. The van der Waals surface area contributed by atoms with Crippen molar-refractivity contribution in [3.05, 3.63) is 0 Å². The van der Waals surface area contributed by atoms with E-state index < -0.39 is 327 Å². The zero-order valence-corrected chi connectivity index (χ0v) is 55.2. The predicted octanol–water partition coefficient (Wildman–Crippen LogP) is -17.8. The summed E-state index contributed by atoms with van der Waals surface area (Å²) in [7, 11) is 0. The van der Waals surface area contributed by atoms with E-state index >= 15 is 0 Å². The highest BCUT2D eigenvalue weighted by atomic mass is 16.8. The van der Waals surface area contributed by atoms with Gasteiger partial charge in [0.05, 0.1) is 64.5 Å². The van der Waals surface area contributed by atoms with Crippen molar-refractivity contribution in [1.29, 1.82) is 0 Å². The minimum absolute atomic E-state index is 0.868. The lowest BCUT2D eigenvalue weighted by molar-refractivity contribution is -0.400. The van der Waals surface area contributed by atoms with Crippen LogP contribution in [-0.4, -0.2) is 444 Å². The lowest BCUT2D eigenvalue weighted by Crippen LogP contribution is -2.72. The van der Waals surface area contributed by atoms with Crippen molar-refractivity contribution in [1.82, 2.24) is 16.0 Å². The smallest absolute Gasteiger partial charge is 0.364 e. The van der Waals surface area contributed by atoms with Crippen LogP contribution >= 0.6 is 0 Å². The van der Waals surface area contributed by atoms with Crippen molar-refractivity contribution in [2.24, 2.45) is 0 Å². The van der Waals surface area contributed by atoms with Gasteiger partial charge in [0.1, 0.15) is 183 Å². The number of ether oxygens (including phenoxy) is 15. The van der Waals surface area contributed by atoms with Crippen LogP contribution in [0, 0.1) is 0 Å². The fourth-order valence-corrected chi connectivity index (χ4v) is 13.2. The molecule has 596 valence electrons. The van der Waals surface area contributed by atoms with Crippen LogP contribution in [0.5, 0.6) is 0 Å². The van der Waals surface area contributed by atoms with Crippen LogP contribution in [0.2, 0.25) is 0 Å². The Morgan fingerprint density at radius 1 is 0.417 bits per heavy atom. The zero-order valence-electron chi connectivity index (χ0n) is 55.2. The number of carbonyl (C=O) groups is 4. The van der Waals surface area contributed by atoms with E-state index in [1.165, 1.54) is 6.92 Å². The summed E-state index contributed by atoms with van der Waals surface area (Å²) in [5.41, 5.74) is 0. The largest absolute Gasteiger partial charge is 0.477 e. The van der Waals surface area contributed by atoms with Crippen LogP contribution in [0.3, 0.4) is 0 Å². The Kier molecular flexibility index (Phi) is 29.9. The van der Waals surface area contributed by atoms with Gasteiger partial charge in [-0.05, 0) is 6.92 Å². The molecule has 8 heterocycles. The number of rotatable bonds is 27. The summed E-state index contributed by atoms with van der Waals surface area (Å²) in [5, 5.41) is 271. The monoisotopic (exact) mass is 1510 g/mol. The van der Waals surface area contributed by atoms with E-state index in [1.54, 1.807) is 0 Å². The third-order valence-corrected chi connectivity index (χ3v) is 18.8. The summed E-state index contributed by atoms with van der Waals surface area (Å²) in [6.45, 7) is -3.95. The van der Waals surface area contributed by atoms with Gasteiger partial charge < -0.3 is 210 Å². The molecule has 0 aromatic carbocycles. The molecular weight excluding hydrogens is 1410 g/mol. The number of carboxylic acid groups (broad SMARTS) is 1. The van der Waals surface area contributed by atoms with Crippen molar-refractivity contribution in [3.63, 3.8) is 0 Å². The average Bonchev–Trinajstić information content (AvgIpc) is 0.755.